The molecule has 2 N–H and O–H groups in total. The van der Waals surface area contributed by atoms with Gasteiger partial charge >= 0.3 is 11.9 Å². The molecule has 4 heterocycles. The minimum absolute atomic E-state index is 0.00950. The quantitative estimate of drug-likeness (QED) is 0.181. The van der Waals surface area contributed by atoms with Gasteiger partial charge in [0.15, 0.2) is 0 Å². The zero-order valence-electron chi connectivity index (χ0n) is 27.9. The summed E-state index contributed by atoms with van der Waals surface area (Å²) in [6.45, 7) is 6.93. The first kappa shape index (κ1) is 33.4. The zero-order valence-corrected chi connectivity index (χ0v) is 27.9. The third-order valence-corrected chi connectivity index (χ3v) is 9.14. The largest absolute Gasteiger partial charge is 0.478 e. The van der Waals surface area contributed by atoms with Gasteiger partial charge in [-0.3, -0.25) is 9.59 Å². The normalized spacial score (nSPS) is 11.9. The average molecular weight is 663 g/mol. The lowest BCUT2D eigenvalue weighted by Crippen LogP contribution is -2.33. The molecule has 49 heavy (non-hydrogen) atoms. The number of fused-ring (bicyclic) bond motifs is 4. The molecule has 0 fully saturated rings. The summed E-state index contributed by atoms with van der Waals surface area (Å²) in [4.78, 5) is 64.4. The van der Waals surface area contributed by atoms with Crippen molar-refractivity contribution in [1.29, 1.82) is 0 Å². The fraction of sp³-hybridized carbons (Fsp3) is 0.297. The van der Waals surface area contributed by atoms with Crippen molar-refractivity contribution in [2.24, 2.45) is 0 Å². The van der Waals surface area contributed by atoms with Crippen molar-refractivity contribution >= 4 is 55.6 Å². The van der Waals surface area contributed by atoms with Crippen molar-refractivity contribution in [1.82, 2.24) is 28.9 Å². The Labute approximate surface area is 281 Å². The van der Waals surface area contributed by atoms with Crippen molar-refractivity contribution < 1.29 is 19.8 Å². The van der Waals surface area contributed by atoms with E-state index in [2.05, 4.69) is 19.8 Å². The van der Waals surface area contributed by atoms with Crippen LogP contribution in [0.2, 0.25) is 0 Å². The molecule has 2 aromatic carbocycles. The van der Waals surface area contributed by atoms with Crippen LogP contribution >= 0.6 is 0 Å². The number of pyridine rings is 4. The van der Waals surface area contributed by atoms with Gasteiger partial charge in [-0.25, -0.2) is 19.6 Å². The van der Waals surface area contributed by atoms with Crippen molar-refractivity contribution in [3.63, 3.8) is 0 Å². The SMILES string of the molecule is Cc1cccc2cc3c(=O)n(CCN(C)CCCN(C)CCn4cc(C(=O)O)c5nc6c(C)cccc6cc5c4=O)cc(C(=O)O)c3nc12. The lowest BCUT2D eigenvalue weighted by molar-refractivity contribution is 0.0687. The van der Waals surface area contributed by atoms with E-state index in [9.17, 15) is 29.4 Å². The topological polar surface area (TPSA) is 151 Å². The summed E-state index contributed by atoms with van der Waals surface area (Å²) in [6.07, 6.45) is 3.57. The number of rotatable bonds is 12. The number of hydrogen-bond acceptors (Lipinski definition) is 8. The minimum Gasteiger partial charge on any atom is -0.478 e. The Hall–Kier alpha value is -5.46. The Morgan fingerprint density at radius 3 is 1.45 bits per heavy atom. The second kappa shape index (κ2) is 13.6. The van der Waals surface area contributed by atoms with Crippen LogP contribution in [0, 0.1) is 13.8 Å². The molecule has 12 nitrogen and oxygen atoms in total. The summed E-state index contributed by atoms with van der Waals surface area (Å²) in [5, 5.41) is 22.0. The molecule has 4 aromatic heterocycles. The molecule has 0 aliphatic carbocycles. The summed E-state index contributed by atoms with van der Waals surface area (Å²) in [7, 11) is 3.90. The summed E-state index contributed by atoms with van der Waals surface area (Å²) < 4.78 is 2.90. The number of carbonyl (C=O) groups is 2. The number of aromatic carboxylic acids is 2. The van der Waals surface area contributed by atoms with Gasteiger partial charge in [0.25, 0.3) is 11.1 Å². The van der Waals surface area contributed by atoms with E-state index in [1.807, 2.05) is 64.3 Å². The van der Waals surface area contributed by atoms with Gasteiger partial charge in [0.2, 0.25) is 0 Å². The van der Waals surface area contributed by atoms with Crippen LogP contribution in [0.15, 0.2) is 70.5 Å². The van der Waals surface area contributed by atoms with Crippen LogP contribution < -0.4 is 11.1 Å². The van der Waals surface area contributed by atoms with Gasteiger partial charge < -0.3 is 29.1 Å². The van der Waals surface area contributed by atoms with Crippen LogP contribution in [-0.2, 0) is 13.1 Å². The molecule has 12 heteroatoms. The number of carboxylic acids is 2. The molecule has 252 valence electrons. The van der Waals surface area contributed by atoms with Crippen LogP contribution in [0.5, 0.6) is 0 Å². The van der Waals surface area contributed by atoms with Crippen molar-refractivity contribution in [3.8, 4) is 0 Å². The molecule has 0 spiro atoms. The molecule has 0 unspecified atom stereocenters. The van der Waals surface area contributed by atoms with Crippen molar-refractivity contribution in [2.75, 3.05) is 40.3 Å². The molecule has 6 aromatic rings. The maximum Gasteiger partial charge on any atom is 0.339 e. The predicted octanol–water partition coefficient (Wildman–Crippen LogP) is 4.38. The number of aryl methyl sites for hydroxylation is 2. The van der Waals surface area contributed by atoms with E-state index in [1.54, 1.807) is 12.1 Å². The lowest BCUT2D eigenvalue weighted by atomic mass is 10.1. The third-order valence-electron chi connectivity index (χ3n) is 9.14. The fourth-order valence-electron chi connectivity index (χ4n) is 6.33. The second-order valence-electron chi connectivity index (χ2n) is 12.7. The Bertz CT molecular complexity index is 2230. The summed E-state index contributed by atoms with van der Waals surface area (Å²) in [6, 6.07) is 14.8. The van der Waals surface area contributed by atoms with Crippen molar-refractivity contribution in [2.45, 2.75) is 33.4 Å². The Balaban J connectivity index is 1.09. The van der Waals surface area contributed by atoms with Crippen LogP contribution in [0.4, 0.5) is 0 Å². The Morgan fingerprint density at radius 2 is 1.06 bits per heavy atom. The maximum absolute atomic E-state index is 13.4. The van der Waals surface area contributed by atoms with E-state index in [-0.39, 0.29) is 44.1 Å². The Kier molecular flexibility index (Phi) is 9.26. The monoisotopic (exact) mass is 662 g/mol. The summed E-state index contributed by atoms with van der Waals surface area (Å²) in [5.41, 5.74) is 2.97. The van der Waals surface area contributed by atoms with Crippen LogP contribution in [0.1, 0.15) is 38.3 Å². The Morgan fingerprint density at radius 1 is 0.653 bits per heavy atom. The van der Waals surface area contributed by atoms with E-state index in [4.69, 9.17) is 0 Å². The molecule has 0 saturated heterocycles. The highest BCUT2D eigenvalue weighted by Crippen LogP contribution is 2.24. The fourth-order valence-corrected chi connectivity index (χ4v) is 6.33. The molecular formula is C37H38N6O6. The molecule has 0 atom stereocenters. The van der Waals surface area contributed by atoms with Gasteiger partial charge in [-0.05, 0) is 70.7 Å². The van der Waals surface area contributed by atoms with Gasteiger partial charge in [0.1, 0.15) is 11.1 Å². The summed E-state index contributed by atoms with van der Waals surface area (Å²) in [5.74, 6) is -2.28. The molecule has 0 aliphatic rings. The van der Waals surface area contributed by atoms with Gasteiger partial charge in [-0.1, -0.05) is 36.4 Å². The number of benzene rings is 2. The molecular weight excluding hydrogens is 624 g/mol. The first-order valence-electron chi connectivity index (χ1n) is 16.1. The third kappa shape index (κ3) is 6.65. The number of aromatic nitrogens is 4. The van der Waals surface area contributed by atoms with Crippen LogP contribution in [0.3, 0.4) is 0 Å². The lowest BCUT2D eigenvalue weighted by Gasteiger charge is -2.21. The summed E-state index contributed by atoms with van der Waals surface area (Å²) >= 11 is 0. The minimum atomic E-state index is -1.14. The van der Waals surface area contributed by atoms with E-state index >= 15 is 0 Å². The van der Waals surface area contributed by atoms with Gasteiger partial charge in [0, 0.05) is 49.3 Å². The van der Waals surface area contributed by atoms with Gasteiger partial charge in [-0.2, -0.15) is 0 Å². The van der Waals surface area contributed by atoms with Gasteiger partial charge in [0.05, 0.1) is 32.8 Å². The number of para-hydroxylation sites is 2. The standard InChI is InChI=1S/C37H38N6O6/c1-22-8-5-10-24-18-26-32(38-30(22)24)28(36(46)47)20-42(34(26)44)16-14-40(3)12-7-13-41(4)15-17-43-21-29(37(48)49)33-27(35(43)45)19-25-11-6-9-23(2)31(25)39-33/h5-6,8-11,18-21H,7,12-17H2,1-4H3,(H,46,47)(H,48,49). The highest BCUT2D eigenvalue weighted by Gasteiger charge is 2.19. The second-order valence-corrected chi connectivity index (χ2v) is 12.7. The predicted molar refractivity (Wildman–Crippen MR) is 190 cm³/mol. The molecule has 0 bridgehead atoms. The number of carboxylic acid groups (broad SMARTS) is 2. The first-order chi connectivity index (χ1) is 23.4. The number of nitrogens with zero attached hydrogens (tertiary/aromatic N) is 6. The smallest absolute Gasteiger partial charge is 0.339 e. The average Bonchev–Trinajstić information content (AvgIpc) is 3.07. The van der Waals surface area contributed by atoms with Gasteiger partial charge in [-0.15, -0.1) is 0 Å². The van der Waals surface area contributed by atoms with Crippen LogP contribution in [0.25, 0.3) is 43.6 Å². The molecule has 6 rings (SSSR count). The highest BCUT2D eigenvalue weighted by atomic mass is 16.4. The first-order valence-corrected chi connectivity index (χ1v) is 16.1. The zero-order chi connectivity index (χ0) is 35.0. The van der Waals surface area contributed by atoms with Crippen molar-refractivity contribution in [3.05, 3.63) is 104 Å². The molecule has 0 saturated carbocycles. The molecule has 0 aliphatic heterocycles. The number of likely N-dealkylation sites (N-methyl/N-ethyl adjacent to an activating group) is 2. The van der Waals surface area contributed by atoms with E-state index < -0.39 is 11.9 Å². The molecule has 0 amide bonds. The van der Waals surface area contributed by atoms with E-state index in [1.165, 1.54) is 21.5 Å². The van der Waals surface area contributed by atoms with E-state index in [0.717, 1.165) is 41.4 Å². The number of hydrogen-bond donors (Lipinski definition) is 2. The highest BCUT2D eigenvalue weighted by molar-refractivity contribution is 6.05. The van der Waals surface area contributed by atoms with E-state index in [0.29, 0.717) is 37.2 Å². The van der Waals surface area contributed by atoms with Crippen LogP contribution in [-0.4, -0.2) is 91.3 Å². The maximum atomic E-state index is 13.4. The molecule has 0 radical (unpaired) electrons.